The van der Waals surface area contributed by atoms with Crippen molar-refractivity contribution in [3.05, 3.63) is 71.4 Å². The van der Waals surface area contributed by atoms with Crippen LogP contribution >= 0.6 is 0 Å². The fraction of sp³-hybridized carbons (Fsp3) is 0.269. The molecule has 4 N–H and O–H groups in total. The van der Waals surface area contributed by atoms with Crippen molar-refractivity contribution in [3.63, 3.8) is 0 Å². The Labute approximate surface area is 194 Å². The molecule has 0 bridgehead atoms. The van der Waals surface area contributed by atoms with Crippen molar-refractivity contribution < 1.29 is 9.53 Å². The largest absolute Gasteiger partial charge is 0.457 e. The predicted octanol–water partition coefficient (Wildman–Crippen LogP) is 4.23. The van der Waals surface area contributed by atoms with Gasteiger partial charge in [-0.3, -0.25) is 9.78 Å². The summed E-state index contributed by atoms with van der Waals surface area (Å²) in [5, 5.41) is 17.3. The molecule has 0 unspecified atom stereocenters. The maximum Gasteiger partial charge on any atom is 0.251 e. The third kappa shape index (κ3) is 5.04. The Balaban J connectivity index is 1.57. The van der Waals surface area contributed by atoms with E-state index in [1.807, 2.05) is 62.5 Å². The van der Waals surface area contributed by atoms with Gasteiger partial charge in [0.2, 0.25) is 0 Å². The second kappa shape index (κ2) is 9.83. The van der Waals surface area contributed by atoms with Crippen molar-refractivity contribution >= 4 is 17.3 Å². The Bertz CT molecular complexity index is 1190. The summed E-state index contributed by atoms with van der Waals surface area (Å²) in [6, 6.07) is 15.4. The van der Waals surface area contributed by atoms with Gasteiger partial charge in [-0.2, -0.15) is 0 Å². The first-order chi connectivity index (χ1) is 16.0. The molecular weight excluding hydrogens is 414 g/mol. The molecule has 170 valence electrons. The minimum Gasteiger partial charge on any atom is -0.457 e. The number of hydrogen-bond acceptors (Lipinski definition) is 6. The maximum atomic E-state index is 12.7. The molecule has 2 heterocycles. The van der Waals surface area contributed by atoms with E-state index in [4.69, 9.17) is 10.1 Å². The average molecular weight is 444 g/mol. The zero-order valence-electron chi connectivity index (χ0n) is 19.2. The molecule has 1 aliphatic rings. The summed E-state index contributed by atoms with van der Waals surface area (Å²) in [4.78, 5) is 17.2. The number of aryl methyl sites for hydroxylation is 1. The standard InChI is InChI=1S/C26H29N5O2/c1-4-17-11-18(5-7-22(17)26(32)31-19-14-29-15-19)25-13-21(9-10-30-25)33-20-6-8-24(28-3)23(12-20)16(2)27/h5-13,19,27-29H,4,14-15H2,1-3H3,(H,31,32). The first kappa shape index (κ1) is 22.5. The Kier molecular flexibility index (Phi) is 6.70. The monoisotopic (exact) mass is 443 g/mol. The highest BCUT2D eigenvalue weighted by molar-refractivity contribution is 6.01. The number of carbonyl (C=O) groups is 1. The highest BCUT2D eigenvalue weighted by Crippen LogP contribution is 2.29. The molecule has 1 aromatic heterocycles. The molecule has 33 heavy (non-hydrogen) atoms. The second-order valence-corrected chi connectivity index (χ2v) is 8.12. The summed E-state index contributed by atoms with van der Waals surface area (Å²) < 4.78 is 6.08. The van der Waals surface area contributed by atoms with Crippen LogP contribution < -0.4 is 20.7 Å². The van der Waals surface area contributed by atoms with Gasteiger partial charge in [-0.15, -0.1) is 0 Å². The van der Waals surface area contributed by atoms with Crippen LogP contribution in [0.3, 0.4) is 0 Å². The summed E-state index contributed by atoms with van der Waals surface area (Å²) in [5.74, 6) is 1.28. The molecule has 1 saturated heterocycles. The van der Waals surface area contributed by atoms with Gasteiger partial charge >= 0.3 is 0 Å². The van der Waals surface area contributed by atoms with E-state index in [1.54, 1.807) is 13.1 Å². The predicted molar refractivity (Wildman–Crippen MR) is 132 cm³/mol. The first-order valence-electron chi connectivity index (χ1n) is 11.1. The smallest absolute Gasteiger partial charge is 0.251 e. The lowest BCUT2D eigenvalue weighted by molar-refractivity contribution is 0.0923. The number of anilines is 1. The minimum absolute atomic E-state index is 0.0303. The van der Waals surface area contributed by atoms with Crippen molar-refractivity contribution in [1.29, 1.82) is 5.41 Å². The molecule has 7 heteroatoms. The number of hydrogen-bond donors (Lipinski definition) is 4. The molecule has 3 aromatic rings. The SMILES string of the molecule is CCc1cc(-c2cc(Oc3ccc(NC)c(C(C)=N)c3)ccn2)ccc1C(=O)NC1CNC1. The van der Waals surface area contributed by atoms with E-state index >= 15 is 0 Å². The number of rotatable bonds is 8. The van der Waals surface area contributed by atoms with Gasteiger partial charge in [-0.25, -0.2) is 0 Å². The fourth-order valence-corrected chi connectivity index (χ4v) is 3.80. The van der Waals surface area contributed by atoms with E-state index in [0.29, 0.717) is 22.8 Å². The van der Waals surface area contributed by atoms with Crippen molar-refractivity contribution in [2.75, 3.05) is 25.5 Å². The van der Waals surface area contributed by atoms with E-state index in [-0.39, 0.29) is 11.9 Å². The number of nitrogens with one attached hydrogen (secondary N) is 4. The second-order valence-electron chi connectivity index (χ2n) is 8.12. The minimum atomic E-state index is -0.0303. The Morgan fingerprint density at radius 3 is 2.58 bits per heavy atom. The van der Waals surface area contributed by atoms with Crippen molar-refractivity contribution in [2.45, 2.75) is 26.3 Å². The topological polar surface area (TPSA) is 99.1 Å². The van der Waals surface area contributed by atoms with E-state index in [0.717, 1.165) is 47.6 Å². The number of pyridine rings is 1. The van der Waals surface area contributed by atoms with Crippen LogP contribution in [0.1, 0.15) is 35.3 Å². The van der Waals surface area contributed by atoms with Crippen LogP contribution in [0.4, 0.5) is 5.69 Å². The molecule has 4 rings (SSSR count). The molecule has 0 radical (unpaired) electrons. The molecular formula is C26H29N5O2. The Morgan fingerprint density at radius 2 is 1.91 bits per heavy atom. The molecule has 1 aliphatic heterocycles. The third-order valence-electron chi connectivity index (χ3n) is 5.77. The first-order valence-corrected chi connectivity index (χ1v) is 11.1. The normalized spacial score (nSPS) is 13.2. The van der Waals surface area contributed by atoms with Gasteiger partial charge in [0.15, 0.2) is 0 Å². The zero-order valence-corrected chi connectivity index (χ0v) is 19.2. The fourth-order valence-electron chi connectivity index (χ4n) is 3.80. The van der Waals surface area contributed by atoms with E-state index in [2.05, 4.69) is 20.9 Å². The van der Waals surface area contributed by atoms with E-state index in [1.165, 1.54) is 0 Å². The van der Waals surface area contributed by atoms with Gasteiger partial charge in [0, 0.05) is 60.5 Å². The molecule has 0 spiro atoms. The van der Waals surface area contributed by atoms with Gasteiger partial charge in [-0.1, -0.05) is 13.0 Å². The van der Waals surface area contributed by atoms with Crippen LogP contribution in [-0.2, 0) is 6.42 Å². The Hall–Kier alpha value is -3.71. The molecule has 7 nitrogen and oxygen atoms in total. The summed E-state index contributed by atoms with van der Waals surface area (Å²) in [7, 11) is 1.83. The zero-order chi connectivity index (χ0) is 23.4. The number of carbonyl (C=O) groups excluding carboxylic acids is 1. The van der Waals surface area contributed by atoms with Crippen molar-refractivity contribution in [1.82, 2.24) is 15.6 Å². The summed E-state index contributed by atoms with van der Waals surface area (Å²) in [6.07, 6.45) is 2.46. The summed E-state index contributed by atoms with van der Waals surface area (Å²) in [6.45, 7) is 5.44. The van der Waals surface area contributed by atoms with Gasteiger partial charge in [0.05, 0.1) is 11.7 Å². The number of aromatic nitrogens is 1. The number of benzene rings is 2. The number of nitrogens with zero attached hydrogens (tertiary/aromatic N) is 1. The van der Waals surface area contributed by atoms with E-state index in [9.17, 15) is 4.79 Å². The molecule has 0 saturated carbocycles. The van der Waals surface area contributed by atoms with Crippen molar-refractivity contribution in [2.24, 2.45) is 0 Å². The Morgan fingerprint density at radius 1 is 1.12 bits per heavy atom. The number of amides is 1. The van der Waals surface area contributed by atoms with Gasteiger partial charge in [0.25, 0.3) is 5.91 Å². The molecule has 1 amide bonds. The van der Waals surface area contributed by atoms with Gasteiger partial charge in [-0.05, 0) is 55.3 Å². The van der Waals surface area contributed by atoms with Gasteiger partial charge < -0.3 is 26.1 Å². The highest BCUT2D eigenvalue weighted by atomic mass is 16.5. The van der Waals surface area contributed by atoms with Crippen LogP contribution in [0, 0.1) is 5.41 Å². The van der Waals surface area contributed by atoms with Crippen LogP contribution in [0.15, 0.2) is 54.7 Å². The van der Waals surface area contributed by atoms with Crippen LogP contribution in [0.25, 0.3) is 11.3 Å². The lowest BCUT2D eigenvalue weighted by Gasteiger charge is -2.28. The maximum absolute atomic E-state index is 12.7. The van der Waals surface area contributed by atoms with Crippen LogP contribution in [0.5, 0.6) is 11.5 Å². The summed E-state index contributed by atoms with van der Waals surface area (Å²) >= 11 is 0. The molecule has 1 fully saturated rings. The average Bonchev–Trinajstić information content (AvgIpc) is 2.81. The van der Waals surface area contributed by atoms with Crippen LogP contribution in [0.2, 0.25) is 0 Å². The lowest BCUT2D eigenvalue weighted by atomic mass is 9.99. The highest BCUT2D eigenvalue weighted by Gasteiger charge is 2.21. The third-order valence-corrected chi connectivity index (χ3v) is 5.77. The summed E-state index contributed by atoms with van der Waals surface area (Å²) in [5.41, 5.74) is 5.54. The quantitative estimate of drug-likeness (QED) is 0.391. The van der Waals surface area contributed by atoms with E-state index < -0.39 is 0 Å². The molecule has 0 atom stereocenters. The van der Waals surface area contributed by atoms with Crippen LogP contribution in [-0.4, -0.2) is 42.8 Å². The lowest BCUT2D eigenvalue weighted by Crippen LogP contribution is -2.57. The van der Waals surface area contributed by atoms with Gasteiger partial charge in [0.1, 0.15) is 11.5 Å². The van der Waals surface area contributed by atoms with Crippen molar-refractivity contribution in [3.8, 4) is 22.8 Å². The molecule has 2 aromatic carbocycles. The number of ether oxygens (including phenoxy) is 1. The molecule has 0 aliphatic carbocycles.